The predicted octanol–water partition coefficient (Wildman–Crippen LogP) is 4.36. The van der Waals surface area contributed by atoms with Crippen molar-refractivity contribution >= 4 is 15.7 Å². The van der Waals surface area contributed by atoms with Crippen molar-refractivity contribution in [2.24, 2.45) is 5.92 Å². The van der Waals surface area contributed by atoms with Crippen LogP contribution in [-0.2, 0) is 10.0 Å². The number of likely N-dealkylation sites (N-methyl/N-ethyl adjacent to an activating group) is 1. The van der Waals surface area contributed by atoms with Crippen molar-refractivity contribution in [1.29, 1.82) is 0 Å². The Labute approximate surface area is 194 Å². The number of benzene rings is 3. The van der Waals surface area contributed by atoms with Crippen LogP contribution in [0.4, 0.5) is 10.1 Å². The zero-order valence-electron chi connectivity index (χ0n) is 18.6. The van der Waals surface area contributed by atoms with Crippen LogP contribution >= 0.6 is 0 Å². The van der Waals surface area contributed by atoms with Gasteiger partial charge in [0.05, 0.1) is 23.6 Å². The number of aryl methyl sites for hydroxylation is 1. The van der Waals surface area contributed by atoms with E-state index in [0.29, 0.717) is 24.1 Å². The van der Waals surface area contributed by atoms with Gasteiger partial charge in [0.2, 0.25) is 10.0 Å². The molecule has 3 aromatic rings. The summed E-state index contributed by atoms with van der Waals surface area (Å²) in [7, 11) is -1.82. The Morgan fingerprint density at radius 1 is 1.06 bits per heavy atom. The Hall–Kier alpha value is -2.74. The van der Waals surface area contributed by atoms with Gasteiger partial charge in [-0.25, -0.2) is 12.8 Å². The molecule has 0 aromatic heterocycles. The van der Waals surface area contributed by atoms with Crippen LogP contribution in [0.1, 0.15) is 23.6 Å². The highest BCUT2D eigenvalue weighted by molar-refractivity contribution is 7.89. The smallest absolute Gasteiger partial charge is 0.243 e. The first-order valence-corrected chi connectivity index (χ1v) is 12.6. The number of aliphatic hydroxyl groups is 1. The minimum Gasteiger partial charge on any atom is -0.394 e. The second-order valence-electron chi connectivity index (χ2n) is 8.94. The zero-order valence-corrected chi connectivity index (χ0v) is 19.5. The van der Waals surface area contributed by atoms with Gasteiger partial charge < -0.3 is 10.0 Å². The molecule has 5 nitrogen and oxygen atoms in total. The molecule has 2 heterocycles. The van der Waals surface area contributed by atoms with E-state index in [-0.39, 0.29) is 29.3 Å². The molecule has 3 aromatic carbocycles. The van der Waals surface area contributed by atoms with Gasteiger partial charge in [0, 0.05) is 30.8 Å². The lowest BCUT2D eigenvalue weighted by atomic mass is 9.81. The quantitative estimate of drug-likeness (QED) is 0.621. The van der Waals surface area contributed by atoms with E-state index in [1.54, 1.807) is 46.8 Å². The van der Waals surface area contributed by atoms with E-state index < -0.39 is 16.1 Å². The summed E-state index contributed by atoms with van der Waals surface area (Å²) in [4.78, 5) is 2.30. The van der Waals surface area contributed by atoms with Crippen LogP contribution in [0, 0.1) is 18.7 Å². The van der Waals surface area contributed by atoms with Gasteiger partial charge in [0.25, 0.3) is 0 Å². The summed E-state index contributed by atoms with van der Waals surface area (Å²) in [5, 5.41) is 10.2. The third kappa shape index (κ3) is 3.55. The Morgan fingerprint density at radius 2 is 1.79 bits per heavy atom. The number of sulfonamides is 1. The van der Waals surface area contributed by atoms with Gasteiger partial charge in [-0.2, -0.15) is 4.31 Å². The Balaban J connectivity index is 1.66. The number of hydrogen-bond acceptors (Lipinski definition) is 4. The maximum atomic E-state index is 14.5. The first-order valence-electron chi connectivity index (χ1n) is 11.1. The monoisotopic (exact) mass is 466 g/mol. The molecular formula is C26H27FN2O3S. The molecule has 172 valence electrons. The van der Waals surface area contributed by atoms with Gasteiger partial charge in [0.15, 0.2) is 0 Å². The maximum absolute atomic E-state index is 14.5. The van der Waals surface area contributed by atoms with Gasteiger partial charge in [-0.05, 0) is 54.8 Å². The average molecular weight is 467 g/mol. The van der Waals surface area contributed by atoms with E-state index in [2.05, 4.69) is 0 Å². The van der Waals surface area contributed by atoms with Crippen LogP contribution in [0.3, 0.4) is 0 Å². The number of hydrogen-bond donors (Lipinski definition) is 1. The van der Waals surface area contributed by atoms with Crippen LogP contribution in [0.15, 0.2) is 71.6 Å². The lowest BCUT2D eigenvalue weighted by molar-refractivity contribution is 0.193. The molecule has 1 N–H and O–H groups in total. The molecular weight excluding hydrogens is 439 g/mol. The molecule has 33 heavy (non-hydrogen) atoms. The third-order valence-electron chi connectivity index (χ3n) is 7.12. The molecule has 1 fully saturated rings. The van der Waals surface area contributed by atoms with Crippen molar-refractivity contribution in [2.75, 3.05) is 25.1 Å². The summed E-state index contributed by atoms with van der Waals surface area (Å²) in [5.74, 6) is -0.384. The van der Waals surface area contributed by atoms with E-state index in [1.807, 2.05) is 37.1 Å². The topological polar surface area (TPSA) is 60.9 Å². The highest BCUT2D eigenvalue weighted by Gasteiger charge is 2.50. The third-order valence-corrected chi connectivity index (χ3v) is 9.01. The van der Waals surface area contributed by atoms with E-state index in [1.165, 1.54) is 6.07 Å². The number of nitrogens with zero attached hydrogens (tertiary/aromatic N) is 2. The van der Waals surface area contributed by atoms with Crippen molar-refractivity contribution in [3.63, 3.8) is 0 Å². The zero-order chi connectivity index (χ0) is 23.3. The van der Waals surface area contributed by atoms with E-state index in [9.17, 15) is 17.9 Å². The number of fused-ring (bicyclic) bond motifs is 3. The second kappa shape index (κ2) is 8.24. The molecule has 2 aliphatic rings. The molecule has 0 saturated carbocycles. The molecule has 3 atom stereocenters. The molecule has 7 heteroatoms. The van der Waals surface area contributed by atoms with Gasteiger partial charge in [-0.3, -0.25) is 0 Å². The standard InChI is InChI=1S/C26H27FN2O3S/c1-17-7-10-19(11-8-17)33(31,32)29-14-13-21-25(16-30)28(2)24-12-9-18(15-22(24)26(21)29)20-5-3-4-6-23(20)27/h3-12,15,21,25-26,30H,13-14,16H2,1-2H3/t21-,25+,26-/m0/s1. The molecule has 0 bridgehead atoms. The maximum Gasteiger partial charge on any atom is 0.243 e. The lowest BCUT2D eigenvalue weighted by Gasteiger charge is -2.44. The Morgan fingerprint density at radius 3 is 2.48 bits per heavy atom. The number of aliphatic hydroxyl groups excluding tert-OH is 1. The fraction of sp³-hybridized carbons (Fsp3) is 0.308. The second-order valence-corrected chi connectivity index (χ2v) is 10.8. The molecule has 0 radical (unpaired) electrons. The first-order chi connectivity index (χ1) is 15.8. The highest BCUT2D eigenvalue weighted by Crippen LogP contribution is 2.51. The fourth-order valence-corrected chi connectivity index (χ4v) is 7.06. The highest BCUT2D eigenvalue weighted by atomic mass is 32.2. The SMILES string of the molecule is Cc1ccc(S(=O)(=O)N2CC[C@H]3[C@@H](CO)N(C)c4ccc(-c5ccccc5F)cc4[C@H]32)cc1. The molecule has 0 spiro atoms. The fourth-order valence-electron chi connectivity index (χ4n) is 5.39. The van der Waals surface area contributed by atoms with Crippen molar-refractivity contribution in [1.82, 2.24) is 4.31 Å². The Bertz CT molecular complexity index is 1290. The molecule has 5 rings (SSSR count). The van der Waals surface area contributed by atoms with Crippen LogP contribution < -0.4 is 4.90 Å². The summed E-state index contributed by atoms with van der Waals surface area (Å²) in [6.07, 6.45) is 0.648. The van der Waals surface area contributed by atoms with Crippen LogP contribution in [0.5, 0.6) is 0 Å². The number of rotatable bonds is 4. The van der Waals surface area contributed by atoms with Gasteiger partial charge in [-0.15, -0.1) is 0 Å². The molecule has 1 saturated heterocycles. The normalized spacial score (nSPS) is 22.8. The van der Waals surface area contributed by atoms with Crippen molar-refractivity contribution in [3.05, 3.63) is 83.7 Å². The van der Waals surface area contributed by atoms with Crippen LogP contribution in [0.25, 0.3) is 11.1 Å². The van der Waals surface area contributed by atoms with Crippen LogP contribution in [-0.4, -0.2) is 44.1 Å². The van der Waals surface area contributed by atoms with E-state index in [0.717, 1.165) is 16.8 Å². The molecule has 0 amide bonds. The summed E-state index contributed by atoms with van der Waals surface area (Å²) >= 11 is 0. The summed E-state index contributed by atoms with van der Waals surface area (Å²) in [5.41, 5.74) is 3.89. The largest absolute Gasteiger partial charge is 0.394 e. The van der Waals surface area contributed by atoms with Crippen molar-refractivity contribution in [3.8, 4) is 11.1 Å². The first kappa shape index (κ1) is 22.1. The van der Waals surface area contributed by atoms with Crippen LogP contribution in [0.2, 0.25) is 0 Å². The minimum absolute atomic E-state index is 0.0649. The number of halogens is 1. The summed E-state index contributed by atoms with van der Waals surface area (Å²) < 4.78 is 43.5. The van der Waals surface area contributed by atoms with E-state index in [4.69, 9.17) is 0 Å². The summed E-state index contributed by atoms with van der Waals surface area (Å²) in [6.45, 7) is 2.23. The van der Waals surface area contributed by atoms with E-state index >= 15 is 0 Å². The Kier molecular flexibility index (Phi) is 5.51. The number of anilines is 1. The summed E-state index contributed by atoms with van der Waals surface area (Å²) in [6, 6.07) is 18.6. The van der Waals surface area contributed by atoms with Gasteiger partial charge >= 0.3 is 0 Å². The van der Waals surface area contributed by atoms with Gasteiger partial charge in [0.1, 0.15) is 5.82 Å². The molecule has 0 unspecified atom stereocenters. The van der Waals surface area contributed by atoms with Crippen molar-refractivity contribution < 1.29 is 17.9 Å². The van der Waals surface area contributed by atoms with Crippen molar-refractivity contribution in [2.45, 2.75) is 30.3 Å². The minimum atomic E-state index is -3.74. The molecule has 2 aliphatic heterocycles. The molecule has 0 aliphatic carbocycles. The lowest BCUT2D eigenvalue weighted by Crippen LogP contribution is -2.48. The average Bonchev–Trinajstić information content (AvgIpc) is 3.26. The van der Waals surface area contributed by atoms with Gasteiger partial charge in [-0.1, -0.05) is 42.0 Å². The predicted molar refractivity (Wildman–Crippen MR) is 127 cm³/mol.